The lowest BCUT2D eigenvalue weighted by Crippen LogP contribution is -2.15. The number of rotatable bonds is 3. The van der Waals surface area contributed by atoms with Crippen LogP contribution < -0.4 is 11.1 Å². The summed E-state index contributed by atoms with van der Waals surface area (Å²) in [4.78, 5) is 11.9. The van der Waals surface area contributed by atoms with Crippen molar-refractivity contribution in [1.82, 2.24) is 0 Å². The molecule has 2 aromatic rings. The Balaban J connectivity index is 2.14. The lowest BCUT2D eigenvalue weighted by molar-refractivity contribution is 0.102. The fraction of sp³-hybridized carbons (Fsp3) is 0. The van der Waals surface area contributed by atoms with Gasteiger partial charge in [0, 0.05) is 16.8 Å². The van der Waals surface area contributed by atoms with Gasteiger partial charge < -0.3 is 16.3 Å². The molecule has 0 saturated heterocycles. The average molecular weight is 273 g/mol. The SMILES string of the molecule is N/C(=N\O)c1ccc(C(=O)Nc2cccc(F)c2)cc1. The third kappa shape index (κ3) is 3.11. The molecule has 2 rings (SSSR count). The number of hydrogen-bond acceptors (Lipinski definition) is 3. The number of nitrogens with two attached hydrogens (primary N) is 1. The average Bonchev–Trinajstić information content (AvgIpc) is 2.46. The lowest BCUT2D eigenvalue weighted by Gasteiger charge is -2.06. The maximum absolute atomic E-state index is 13.0. The fourth-order valence-electron chi connectivity index (χ4n) is 1.62. The topological polar surface area (TPSA) is 87.7 Å². The van der Waals surface area contributed by atoms with Crippen LogP contribution in [0.25, 0.3) is 0 Å². The molecule has 0 spiro atoms. The predicted molar refractivity (Wildman–Crippen MR) is 73.3 cm³/mol. The molecule has 0 radical (unpaired) electrons. The molecule has 102 valence electrons. The first-order chi connectivity index (χ1) is 9.60. The summed E-state index contributed by atoms with van der Waals surface area (Å²) in [5.41, 5.74) is 6.66. The maximum Gasteiger partial charge on any atom is 0.255 e. The van der Waals surface area contributed by atoms with Crippen LogP contribution in [0.15, 0.2) is 53.7 Å². The van der Waals surface area contributed by atoms with Crippen LogP contribution in [0, 0.1) is 5.82 Å². The van der Waals surface area contributed by atoms with Crippen molar-refractivity contribution in [3.63, 3.8) is 0 Å². The monoisotopic (exact) mass is 273 g/mol. The van der Waals surface area contributed by atoms with Crippen molar-refractivity contribution < 1.29 is 14.4 Å². The molecule has 4 N–H and O–H groups in total. The van der Waals surface area contributed by atoms with Gasteiger partial charge in [0.15, 0.2) is 5.84 Å². The molecule has 0 aliphatic rings. The summed E-state index contributed by atoms with van der Waals surface area (Å²) in [5, 5.41) is 14.0. The van der Waals surface area contributed by atoms with Crippen molar-refractivity contribution >= 4 is 17.4 Å². The molecule has 0 unspecified atom stereocenters. The highest BCUT2D eigenvalue weighted by Crippen LogP contribution is 2.12. The normalized spacial score (nSPS) is 11.2. The minimum atomic E-state index is -0.426. The van der Waals surface area contributed by atoms with Crippen molar-refractivity contribution in [3.05, 3.63) is 65.5 Å². The molecule has 20 heavy (non-hydrogen) atoms. The predicted octanol–water partition coefficient (Wildman–Crippen LogP) is 2.17. The summed E-state index contributed by atoms with van der Waals surface area (Å²) in [6.45, 7) is 0. The Kier molecular flexibility index (Phi) is 3.95. The standard InChI is InChI=1S/C14H12FN3O2/c15-11-2-1-3-12(8-11)17-14(19)10-6-4-9(5-7-10)13(16)18-20/h1-8,20H,(H2,16,18)(H,17,19). The number of hydrogen-bond donors (Lipinski definition) is 3. The quantitative estimate of drug-likeness (QED) is 0.346. The van der Waals surface area contributed by atoms with Crippen LogP contribution in [0.4, 0.5) is 10.1 Å². The van der Waals surface area contributed by atoms with Crippen molar-refractivity contribution in [1.29, 1.82) is 0 Å². The molecule has 2 aromatic carbocycles. The smallest absolute Gasteiger partial charge is 0.255 e. The van der Waals surface area contributed by atoms with Gasteiger partial charge in [-0.05, 0) is 30.3 Å². The van der Waals surface area contributed by atoms with E-state index in [1.807, 2.05) is 0 Å². The third-order valence-electron chi connectivity index (χ3n) is 2.63. The molecule has 1 amide bonds. The summed E-state index contributed by atoms with van der Waals surface area (Å²) in [5.74, 6) is -0.839. The highest BCUT2D eigenvalue weighted by atomic mass is 19.1. The van der Waals surface area contributed by atoms with Crippen molar-refractivity contribution in [2.75, 3.05) is 5.32 Å². The first-order valence-electron chi connectivity index (χ1n) is 5.75. The molecule has 0 aliphatic carbocycles. The summed E-state index contributed by atoms with van der Waals surface area (Å²) in [7, 11) is 0. The zero-order chi connectivity index (χ0) is 14.5. The van der Waals surface area contributed by atoms with E-state index in [1.165, 1.54) is 30.3 Å². The van der Waals surface area contributed by atoms with Gasteiger partial charge in [-0.25, -0.2) is 4.39 Å². The van der Waals surface area contributed by atoms with Crippen molar-refractivity contribution in [2.45, 2.75) is 0 Å². The number of benzene rings is 2. The number of carbonyl (C=O) groups excluding carboxylic acids is 1. The van der Waals surface area contributed by atoms with Gasteiger partial charge >= 0.3 is 0 Å². The molecule has 6 heteroatoms. The van der Waals surface area contributed by atoms with Crippen molar-refractivity contribution in [3.8, 4) is 0 Å². The largest absolute Gasteiger partial charge is 0.409 e. The van der Waals surface area contributed by atoms with Crippen LogP contribution in [0.2, 0.25) is 0 Å². The second kappa shape index (κ2) is 5.83. The van der Waals surface area contributed by atoms with E-state index in [4.69, 9.17) is 10.9 Å². The van der Waals surface area contributed by atoms with Gasteiger partial charge in [-0.1, -0.05) is 23.4 Å². The highest BCUT2D eigenvalue weighted by molar-refractivity contribution is 6.05. The van der Waals surface area contributed by atoms with Crippen LogP contribution in [0.3, 0.4) is 0 Å². The molecule has 0 saturated carbocycles. The Morgan fingerprint density at radius 3 is 2.40 bits per heavy atom. The lowest BCUT2D eigenvalue weighted by atomic mass is 10.1. The molecule has 5 nitrogen and oxygen atoms in total. The minimum Gasteiger partial charge on any atom is -0.409 e. The maximum atomic E-state index is 13.0. The number of oxime groups is 1. The zero-order valence-corrected chi connectivity index (χ0v) is 10.4. The van der Waals surface area contributed by atoms with Gasteiger partial charge in [-0.2, -0.15) is 0 Å². The Bertz CT molecular complexity index is 654. The number of anilines is 1. The van der Waals surface area contributed by atoms with E-state index in [9.17, 15) is 9.18 Å². The fourth-order valence-corrected chi connectivity index (χ4v) is 1.62. The molecule has 0 atom stereocenters. The number of carbonyl (C=O) groups is 1. The molecular weight excluding hydrogens is 261 g/mol. The van der Waals surface area contributed by atoms with E-state index >= 15 is 0 Å². The molecule has 0 bridgehead atoms. The summed E-state index contributed by atoms with van der Waals surface area (Å²) in [6, 6.07) is 11.8. The van der Waals surface area contributed by atoms with Gasteiger partial charge in [0.05, 0.1) is 0 Å². The Morgan fingerprint density at radius 2 is 1.80 bits per heavy atom. The molecule has 0 fully saturated rings. The number of amides is 1. The van der Waals surface area contributed by atoms with E-state index in [0.717, 1.165) is 0 Å². The van der Waals surface area contributed by atoms with Crippen LogP contribution in [0.5, 0.6) is 0 Å². The Labute approximate surface area is 114 Å². The number of nitrogens with zero attached hydrogens (tertiary/aromatic N) is 1. The van der Waals surface area contributed by atoms with Crippen LogP contribution in [0.1, 0.15) is 15.9 Å². The van der Waals surface area contributed by atoms with E-state index in [-0.39, 0.29) is 11.7 Å². The third-order valence-corrected chi connectivity index (χ3v) is 2.63. The first-order valence-corrected chi connectivity index (χ1v) is 5.75. The minimum absolute atomic E-state index is 0.0397. The second-order valence-corrected chi connectivity index (χ2v) is 4.03. The Morgan fingerprint density at radius 1 is 1.15 bits per heavy atom. The van der Waals surface area contributed by atoms with Crippen LogP contribution >= 0.6 is 0 Å². The van der Waals surface area contributed by atoms with Gasteiger partial charge in [0.2, 0.25) is 0 Å². The van der Waals surface area contributed by atoms with Gasteiger partial charge in [0.25, 0.3) is 5.91 Å². The number of nitrogens with one attached hydrogen (secondary N) is 1. The van der Waals surface area contributed by atoms with Crippen LogP contribution in [-0.2, 0) is 0 Å². The van der Waals surface area contributed by atoms with Gasteiger partial charge in [0.1, 0.15) is 5.82 Å². The molecule has 0 heterocycles. The van der Waals surface area contributed by atoms with E-state index in [0.29, 0.717) is 16.8 Å². The van der Waals surface area contributed by atoms with Gasteiger partial charge in [-0.3, -0.25) is 4.79 Å². The first kappa shape index (κ1) is 13.5. The highest BCUT2D eigenvalue weighted by Gasteiger charge is 2.07. The molecular formula is C14H12FN3O2. The van der Waals surface area contributed by atoms with Crippen molar-refractivity contribution in [2.24, 2.45) is 10.9 Å². The summed E-state index contributed by atoms with van der Waals surface area (Å²) >= 11 is 0. The second-order valence-electron chi connectivity index (χ2n) is 4.03. The van der Waals surface area contributed by atoms with E-state index < -0.39 is 5.82 Å². The van der Waals surface area contributed by atoms with E-state index in [2.05, 4.69) is 10.5 Å². The zero-order valence-electron chi connectivity index (χ0n) is 10.4. The number of halogens is 1. The van der Waals surface area contributed by atoms with E-state index in [1.54, 1.807) is 18.2 Å². The molecule has 0 aromatic heterocycles. The van der Waals surface area contributed by atoms with Crippen LogP contribution in [-0.4, -0.2) is 17.0 Å². The van der Waals surface area contributed by atoms with Gasteiger partial charge in [-0.15, -0.1) is 0 Å². The molecule has 0 aliphatic heterocycles. The number of amidine groups is 1. The summed E-state index contributed by atoms with van der Waals surface area (Å²) in [6.07, 6.45) is 0. The Hall–Kier alpha value is -2.89. The summed E-state index contributed by atoms with van der Waals surface area (Å²) < 4.78 is 13.0.